The summed E-state index contributed by atoms with van der Waals surface area (Å²) in [7, 11) is 1.61. The highest BCUT2D eigenvalue weighted by atomic mass is 16.5. The molecule has 0 aliphatic carbocycles. The molecule has 0 aliphatic heterocycles. The van der Waals surface area contributed by atoms with Gasteiger partial charge in [-0.05, 0) is 36.1 Å². The van der Waals surface area contributed by atoms with Crippen molar-refractivity contribution in [3.63, 3.8) is 0 Å². The van der Waals surface area contributed by atoms with Gasteiger partial charge in [-0.2, -0.15) is 0 Å². The summed E-state index contributed by atoms with van der Waals surface area (Å²) in [4.78, 5) is 10.9. The maximum atomic E-state index is 10.9. The van der Waals surface area contributed by atoms with Crippen LogP contribution in [0.25, 0.3) is 0 Å². The SMILES string of the molecule is COc1c(C)cc(C(=O)O)cc1C(C)C. The number of rotatable bonds is 3. The maximum absolute atomic E-state index is 10.9. The summed E-state index contributed by atoms with van der Waals surface area (Å²) in [6.07, 6.45) is 0. The van der Waals surface area contributed by atoms with Crippen LogP contribution in [0.4, 0.5) is 0 Å². The fourth-order valence-electron chi connectivity index (χ4n) is 1.63. The number of carboxylic acids is 1. The van der Waals surface area contributed by atoms with E-state index in [0.29, 0.717) is 5.56 Å². The molecule has 0 saturated carbocycles. The van der Waals surface area contributed by atoms with Crippen LogP contribution < -0.4 is 4.74 Å². The minimum Gasteiger partial charge on any atom is -0.496 e. The third-order valence-electron chi connectivity index (χ3n) is 2.38. The highest BCUT2D eigenvalue weighted by Crippen LogP contribution is 2.30. The first-order valence-corrected chi connectivity index (χ1v) is 4.89. The van der Waals surface area contributed by atoms with Crippen molar-refractivity contribution in [1.29, 1.82) is 0 Å². The molecule has 0 saturated heterocycles. The van der Waals surface area contributed by atoms with Crippen molar-refractivity contribution < 1.29 is 14.6 Å². The van der Waals surface area contributed by atoms with Crippen molar-refractivity contribution in [2.45, 2.75) is 26.7 Å². The first-order chi connectivity index (χ1) is 6.97. The Morgan fingerprint density at radius 1 is 1.40 bits per heavy atom. The number of benzene rings is 1. The molecule has 0 fully saturated rings. The van der Waals surface area contributed by atoms with Gasteiger partial charge in [0.2, 0.25) is 0 Å². The van der Waals surface area contributed by atoms with Crippen molar-refractivity contribution in [3.05, 3.63) is 28.8 Å². The average Bonchev–Trinajstić information content (AvgIpc) is 2.16. The van der Waals surface area contributed by atoms with Gasteiger partial charge >= 0.3 is 5.97 Å². The van der Waals surface area contributed by atoms with Gasteiger partial charge in [0.15, 0.2) is 0 Å². The van der Waals surface area contributed by atoms with Crippen LogP contribution in [0.15, 0.2) is 12.1 Å². The molecule has 1 rings (SSSR count). The van der Waals surface area contributed by atoms with Gasteiger partial charge in [-0.1, -0.05) is 13.8 Å². The molecule has 1 aromatic rings. The van der Waals surface area contributed by atoms with Crippen molar-refractivity contribution in [2.24, 2.45) is 0 Å². The second-order valence-electron chi connectivity index (χ2n) is 3.88. The Hall–Kier alpha value is -1.51. The normalized spacial score (nSPS) is 10.5. The third kappa shape index (κ3) is 2.29. The molecule has 0 bridgehead atoms. The van der Waals surface area contributed by atoms with Gasteiger partial charge in [-0.3, -0.25) is 0 Å². The van der Waals surface area contributed by atoms with Crippen LogP contribution in [-0.2, 0) is 0 Å². The Bertz CT molecular complexity index is 381. The number of ether oxygens (including phenoxy) is 1. The van der Waals surface area contributed by atoms with E-state index in [1.54, 1.807) is 19.2 Å². The van der Waals surface area contributed by atoms with Crippen molar-refractivity contribution in [2.75, 3.05) is 7.11 Å². The zero-order valence-corrected chi connectivity index (χ0v) is 9.50. The fraction of sp³-hybridized carbons (Fsp3) is 0.417. The predicted molar refractivity (Wildman–Crippen MR) is 58.8 cm³/mol. The van der Waals surface area contributed by atoms with Gasteiger partial charge in [0.25, 0.3) is 0 Å². The summed E-state index contributed by atoms with van der Waals surface area (Å²) in [6.45, 7) is 5.89. The van der Waals surface area contributed by atoms with E-state index < -0.39 is 5.97 Å². The van der Waals surface area contributed by atoms with Crippen molar-refractivity contribution in [1.82, 2.24) is 0 Å². The Balaban J connectivity index is 3.38. The molecule has 15 heavy (non-hydrogen) atoms. The summed E-state index contributed by atoms with van der Waals surface area (Å²) >= 11 is 0. The van der Waals surface area contributed by atoms with Gasteiger partial charge in [0, 0.05) is 0 Å². The minimum absolute atomic E-state index is 0.248. The van der Waals surface area contributed by atoms with Crippen LogP contribution in [-0.4, -0.2) is 18.2 Å². The molecule has 0 amide bonds. The molecule has 82 valence electrons. The number of methoxy groups -OCH3 is 1. The molecule has 0 aromatic heterocycles. The van der Waals surface area contributed by atoms with Crippen molar-refractivity contribution >= 4 is 5.97 Å². The molecular weight excluding hydrogens is 192 g/mol. The van der Waals surface area contributed by atoms with Crippen LogP contribution in [0.5, 0.6) is 5.75 Å². The number of aryl methyl sites for hydroxylation is 1. The smallest absolute Gasteiger partial charge is 0.335 e. The van der Waals surface area contributed by atoms with E-state index in [1.807, 2.05) is 20.8 Å². The van der Waals surface area contributed by atoms with Gasteiger partial charge in [0.1, 0.15) is 5.75 Å². The van der Waals surface area contributed by atoms with E-state index in [-0.39, 0.29) is 5.92 Å². The van der Waals surface area contributed by atoms with E-state index in [1.165, 1.54) is 0 Å². The number of aromatic carboxylic acids is 1. The number of hydrogen-bond acceptors (Lipinski definition) is 2. The molecular formula is C12H16O3. The van der Waals surface area contributed by atoms with Crippen LogP contribution >= 0.6 is 0 Å². The van der Waals surface area contributed by atoms with Gasteiger partial charge in [-0.15, -0.1) is 0 Å². The van der Waals surface area contributed by atoms with E-state index in [2.05, 4.69) is 0 Å². The Morgan fingerprint density at radius 3 is 2.40 bits per heavy atom. The molecule has 0 heterocycles. The standard InChI is InChI=1S/C12H16O3/c1-7(2)10-6-9(12(13)14)5-8(3)11(10)15-4/h5-7H,1-4H3,(H,13,14). The Morgan fingerprint density at radius 2 is 2.00 bits per heavy atom. The molecule has 3 nitrogen and oxygen atoms in total. The molecule has 0 atom stereocenters. The quantitative estimate of drug-likeness (QED) is 0.830. The molecule has 3 heteroatoms. The van der Waals surface area contributed by atoms with Gasteiger partial charge < -0.3 is 9.84 Å². The fourth-order valence-corrected chi connectivity index (χ4v) is 1.63. The van der Waals surface area contributed by atoms with E-state index in [4.69, 9.17) is 9.84 Å². The number of carboxylic acid groups (broad SMARTS) is 1. The number of hydrogen-bond donors (Lipinski definition) is 1. The summed E-state index contributed by atoms with van der Waals surface area (Å²) < 4.78 is 5.28. The second kappa shape index (κ2) is 4.34. The van der Waals surface area contributed by atoms with E-state index in [0.717, 1.165) is 16.9 Å². The van der Waals surface area contributed by atoms with E-state index >= 15 is 0 Å². The van der Waals surface area contributed by atoms with Crippen LogP contribution in [0.1, 0.15) is 41.3 Å². The predicted octanol–water partition coefficient (Wildman–Crippen LogP) is 2.83. The zero-order valence-electron chi connectivity index (χ0n) is 9.50. The first-order valence-electron chi connectivity index (χ1n) is 4.89. The Kier molecular flexibility index (Phi) is 3.35. The minimum atomic E-state index is -0.900. The topological polar surface area (TPSA) is 46.5 Å². The lowest BCUT2D eigenvalue weighted by molar-refractivity contribution is 0.0696. The summed E-state index contributed by atoms with van der Waals surface area (Å²) in [6, 6.07) is 3.31. The van der Waals surface area contributed by atoms with Gasteiger partial charge in [-0.25, -0.2) is 4.79 Å². The Labute approximate surface area is 89.7 Å². The molecule has 1 N–H and O–H groups in total. The highest BCUT2D eigenvalue weighted by Gasteiger charge is 2.14. The molecule has 0 aliphatic rings. The van der Waals surface area contributed by atoms with Crippen LogP contribution in [0, 0.1) is 6.92 Å². The zero-order chi connectivity index (χ0) is 11.6. The summed E-state index contributed by atoms with van der Waals surface area (Å²) in [5.74, 6) is 0.135. The number of carbonyl (C=O) groups is 1. The largest absolute Gasteiger partial charge is 0.496 e. The van der Waals surface area contributed by atoms with Gasteiger partial charge in [0.05, 0.1) is 12.7 Å². The lowest BCUT2D eigenvalue weighted by atomic mass is 9.96. The van der Waals surface area contributed by atoms with Crippen LogP contribution in [0.2, 0.25) is 0 Å². The first kappa shape index (κ1) is 11.6. The molecule has 0 radical (unpaired) electrons. The molecule has 0 unspecified atom stereocenters. The average molecular weight is 208 g/mol. The molecule has 1 aromatic carbocycles. The molecule has 0 spiro atoms. The lowest BCUT2D eigenvalue weighted by Crippen LogP contribution is -2.03. The maximum Gasteiger partial charge on any atom is 0.335 e. The highest BCUT2D eigenvalue weighted by molar-refractivity contribution is 5.88. The van der Waals surface area contributed by atoms with Crippen LogP contribution in [0.3, 0.4) is 0 Å². The van der Waals surface area contributed by atoms with Crippen molar-refractivity contribution in [3.8, 4) is 5.75 Å². The monoisotopic (exact) mass is 208 g/mol. The summed E-state index contributed by atoms with van der Waals surface area (Å²) in [5.41, 5.74) is 2.12. The third-order valence-corrected chi connectivity index (χ3v) is 2.38. The second-order valence-corrected chi connectivity index (χ2v) is 3.88. The van der Waals surface area contributed by atoms with E-state index in [9.17, 15) is 4.79 Å². The summed E-state index contributed by atoms with van der Waals surface area (Å²) in [5, 5.41) is 8.94. The lowest BCUT2D eigenvalue weighted by Gasteiger charge is -2.15.